The van der Waals surface area contributed by atoms with Crippen LogP contribution in [0.2, 0.25) is 5.02 Å². The van der Waals surface area contributed by atoms with Gasteiger partial charge in [-0.15, -0.1) is 11.3 Å². The molecule has 0 aliphatic rings. The number of nitrogens with one attached hydrogen (secondary N) is 1. The third-order valence-corrected chi connectivity index (χ3v) is 6.01. The van der Waals surface area contributed by atoms with Gasteiger partial charge < -0.3 is 10.1 Å². The Labute approximate surface area is 172 Å². The number of rotatable bonds is 5. The highest BCUT2D eigenvalue weighted by Gasteiger charge is 2.17. The van der Waals surface area contributed by atoms with Crippen molar-refractivity contribution in [1.82, 2.24) is 9.78 Å². The second-order valence-electron chi connectivity index (χ2n) is 5.69. The summed E-state index contributed by atoms with van der Waals surface area (Å²) >= 11 is 11.1. The number of anilines is 1. The number of carbonyl (C=O) groups is 1. The van der Waals surface area contributed by atoms with Crippen LogP contribution in [-0.4, -0.2) is 15.7 Å². The lowest BCUT2D eigenvalue weighted by Gasteiger charge is -2.06. The van der Waals surface area contributed by atoms with Gasteiger partial charge in [0.1, 0.15) is 10.6 Å². The Balaban J connectivity index is 1.43. The molecule has 0 saturated heterocycles. The number of hydrogen-bond acceptors (Lipinski definition) is 4. The number of thiophene rings is 1. The lowest BCUT2D eigenvalue weighted by atomic mass is 10.2. The lowest BCUT2D eigenvalue weighted by molar-refractivity contribution is 0.103. The topological polar surface area (TPSA) is 56.2 Å². The van der Waals surface area contributed by atoms with Crippen LogP contribution < -0.4 is 10.1 Å². The maximum atomic E-state index is 12.6. The molecule has 0 fully saturated rings. The molecule has 0 atom stereocenters. The molecule has 0 saturated carbocycles. The zero-order valence-corrected chi connectivity index (χ0v) is 17.0. The molecular formula is C19H13BrClN3O2S. The van der Waals surface area contributed by atoms with Gasteiger partial charge in [-0.05, 0) is 30.3 Å². The molecule has 0 bridgehead atoms. The van der Waals surface area contributed by atoms with E-state index in [1.165, 1.54) is 11.3 Å². The number of aromatic nitrogens is 2. The maximum Gasteiger partial charge on any atom is 0.267 e. The van der Waals surface area contributed by atoms with Gasteiger partial charge in [0.05, 0.1) is 23.1 Å². The van der Waals surface area contributed by atoms with Crippen LogP contribution in [0.1, 0.15) is 9.67 Å². The number of nitrogens with zero attached hydrogens (tertiary/aromatic N) is 2. The lowest BCUT2D eigenvalue weighted by Crippen LogP contribution is -2.10. The van der Waals surface area contributed by atoms with E-state index in [1.807, 2.05) is 48.5 Å². The zero-order chi connectivity index (χ0) is 18.8. The summed E-state index contributed by atoms with van der Waals surface area (Å²) in [7, 11) is 0. The largest absolute Gasteiger partial charge is 0.471 e. The van der Waals surface area contributed by atoms with E-state index in [0.717, 1.165) is 20.3 Å². The molecule has 0 unspecified atom stereocenters. The highest BCUT2D eigenvalue weighted by molar-refractivity contribution is 9.10. The van der Waals surface area contributed by atoms with Crippen LogP contribution in [0.15, 0.2) is 65.4 Å². The molecule has 1 N–H and O–H groups in total. The number of fused-ring (bicyclic) bond motifs is 1. The molecule has 136 valence electrons. The summed E-state index contributed by atoms with van der Waals surface area (Å²) in [5.41, 5.74) is 0.577. The van der Waals surface area contributed by atoms with Gasteiger partial charge in [-0.2, -0.15) is 5.10 Å². The minimum absolute atomic E-state index is 0.237. The molecule has 1 amide bonds. The van der Waals surface area contributed by atoms with E-state index in [4.69, 9.17) is 16.3 Å². The van der Waals surface area contributed by atoms with Crippen LogP contribution in [0, 0.1) is 0 Å². The van der Waals surface area contributed by atoms with Crippen LogP contribution in [-0.2, 0) is 6.73 Å². The number of amides is 1. The fraction of sp³-hybridized carbons (Fsp3) is 0.0526. The average Bonchev–Trinajstić information content (AvgIpc) is 3.26. The summed E-state index contributed by atoms with van der Waals surface area (Å²) in [6.07, 6.45) is 3.28. The van der Waals surface area contributed by atoms with Crippen molar-refractivity contribution in [2.75, 3.05) is 5.32 Å². The third-order valence-electron chi connectivity index (χ3n) is 3.81. The van der Waals surface area contributed by atoms with Gasteiger partial charge >= 0.3 is 0 Å². The quantitative estimate of drug-likeness (QED) is 0.408. The first-order valence-electron chi connectivity index (χ1n) is 7.99. The Bertz CT molecular complexity index is 1110. The molecule has 0 radical (unpaired) electrons. The predicted octanol–water partition coefficient (Wildman–Crippen LogP) is 5.80. The van der Waals surface area contributed by atoms with Gasteiger partial charge in [0.2, 0.25) is 0 Å². The average molecular weight is 463 g/mol. The molecule has 2 aromatic carbocycles. The molecule has 0 aliphatic carbocycles. The number of benzene rings is 2. The normalized spacial score (nSPS) is 10.9. The zero-order valence-electron chi connectivity index (χ0n) is 13.9. The molecule has 8 heteroatoms. The fourth-order valence-electron chi connectivity index (χ4n) is 2.52. The third kappa shape index (κ3) is 4.00. The number of carbonyl (C=O) groups excluding carboxylic acids is 1. The molecule has 5 nitrogen and oxygen atoms in total. The van der Waals surface area contributed by atoms with Crippen molar-refractivity contribution in [1.29, 1.82) is 0 Å². The first-order valence-corrected chi connectivity index (χ1v) is 9.98. The Morgan fingerprint density at radius 1 is 1.22 bits per heavy atom. The first kappa shape index (κ1) is 18.0. The van der Waals surface area contributed by atoms with Crippen LogP contribution in [0.3, 0.4) is 0 Å². The van der Waals surface area contributed by atoms with Crippen molar-refractivity contribution in [3.63, 3.8) is 0 Å². The van der Waals surface area contributed by atoms with E-state index in [2.05, 4.69) is 26.3 Å². The second-order valence-corrected chi connectivity index (χ2v) is 8.04. The Kier molecular flexibility index (Phi) is 5.15. The SMILES string of the molecule is O=C(Nc1cnn(COc2ccc(Br)cc2)c1)c1sc2ccccc2c1Cl. The van der Waals surface area contributed by atoms with Crippen LogP contribution in [0.25, 0.3) is 10.1 Å². The van der Waals surface area contributed by atoms with Crippen LogP contribution in [0.4, 0.5) is 5.69 Å². The molecular weight excluding hydrogens is 450 g/mol. The molecule has 0 aliphatic heterocycles. The summed E-state index contributed by atoms with van der Waals surface area (Å²) < 4.78 is 9.22. The fourth-order valence-corrected chi connectivity index (χ4v) is 4.19. The number of ether oxygens (including phenoxy) is 1. The highest BCUT2D eigenvalue weighted by Crippen LogP contribution is 2.35. The molecule has 4 aromatic rings. The van der Waals surface area contributed by atoms with Gasteiger partial charge in [-0.3, -0.25) is 4.79 Å². The predicted molar refractivity (Wildman–Crippen MR) is 112 cm³/mol. The standard InChI is InChI=1S/C19H13BrClN3O2S/c20-12-5-7-14(8-6-12)26-11-24-10-13(9-22-24)23-19(25)18-17(21)15-3-1-2-4-16(15)27-18/h1-10H,11H2,(H,23,25). The minimum atomic E-state index is -0.255. The smallest absolute Gasteiger partial charge is 0.267 e. The first-order chi connectivity index (χ1) is 13.1. The summed E-state index contributed by atoms with van der Waals surface area (Å²) in [5.74, 6) is 0.478. The van der Waals surface area contributed by atoms with Crippen molar-refractivity contribution < 1.29 is 9.53 Å². The van der Waals surface area contributed by atoms with E-state index in [0.29, 0.717) is 15.6 Å². The van der Waals surface area contributed by atoms with Crippen molar-refractivity contribution in [3.8, 4) is 5.75 Å². The van der Waals surface area contributed by atoms with E-state index in [9.17, 15) is 4.79 Å². The second kappa shape index (κ2) is 7.72. The van der Waals surface area contributed by atoms with E-state index in [-0.39, 0.29) is 12.6 Å². The summed E-state index contributed by atoms with van der Waals surface area (Å²) in [4.78, 5) is 13.1. The van der Waals surface area contributed by atoms with Crippen LogP contribution >= 0.6 is 38.9 Å². The Morgan fingerprint density at radius 2 is 2.00 bits per heavy atom. The summed E-state index contributed by atoms with van der Waals surface area (Å²) in [6, 6.07) is 15.2. The van der Waals surface area contributed by atoms with E-state index in [1.54, 1.807) is 17.1 Å². The van der Waals surface area contributed by atoms with Crippen LogP contribution in [0.5, 0.6) is 5.75 Å². The summed E-state index contributed by atoms with van der Waals surface area (Å²) in [5, 5.41) is 8.38. The van der Waals surface area contributed by atoms with Gasteiger partial charge in [-0.1, -0.05) is 45.7 Å². The molecule has 2 aromatic heterocycles. The molecule has 2 heterocycles. The Morgan fingerprint density at radius 3 is 2.78 bits per heavy atom. The summed E-state index contributed by atoms with van der Waals surface area (Å²) in [6.45, 7) is 0.237. The molecule has 0 spiro atoms. The number of halogens is 2. The maximum absolute atomic E-state index is 12.6. The molecule has 4 rings (SSSR count). The Hall–Kier alpha value is -2.35. The van der Waals surface area contributed by atoms with Gasteiger partial charge in [0, 0.05) is 14.6 Å². The van der Waals surface area contributed by atoms with Crippen molar-refractivity contribution >= 4 is 60.5 Å². The van der Waals surface area contributed by atoms with Crippen molar-refractivity contribution in [3.05, 3.63) is 75.3 Å². The molecule has 27 heavy (non-hydrogen) atoms. The monoisotopic (exact) mass is 461 g/mol. The minimum Gasteiger partial charge on any atom is -0.471 e. The van der Waals surface area contributed by atoms with Gasteiger partial charge in [0.25, 0.3) is 5.91 Å². The van der Waals surface area contributed by atoms with Crippen molar-refractivity contribution in [2.45, 2.75) is 6.73 Å². The van der Waals surface area contributed by atoms with E-state index >= 15 is 0 Å². The highest BCUT2D eigenvalue weighted by atomic mass is 79.9. The number of hydrogen-bond donors (Lipinski definition) is 1. The van der Waals surface area contributed by atoms with Crippen molar-refractivity contribution in [2.24, 2.45) is 0 Å². The van der Waals surface area contributed by atoms with Gasteiger partial charge in [-0.25, -0.2) is 4.68 Å². The van der Waals surface area contributed by atoms with E-state index < -0.39 is 0 Å². The van der Waals surface area contributed by atoms with Gasteiger partial charge in [0.15, 0.2) is 6.73 Å².